The van der Waals surface area contributed by atoms with Crippen LogP contribution < -0.4 is 5.32 Å². The van der Waals surface area contributed by atoms with Gasteiger partial charge in [0, 0.05) is 12.6 Å². The molecule has 0 bridgehead atoms. The van der Waals surface area contributed by atoms with Gasteiger partial charge in [-0.3, -0.25) is 0 Å². The van der Waals surface area contributed by atoms with Gasteiger partial charge in [-0.1, -0.05) is 12.1 Å². The molecule has 1 nitrogen and oxygen atoms in total. The molecule has 1 heterocycles. The second kappa shape index (κ2) is 5.97. The molecule has 20 heavy (non-hydrogen) atoms. The Balaban J connectivity index is 2.06. The first-order chi connectivity index (χ1) is 9.38. The molecule has 0 spiro atoms. The van der Waals surface area contributed by atoms with Gasteiger partial charge in [0.2, 0.25) is 0 Å². The van der Waals surface area contributed by atoms with Crippen molar-refractivity contribution in [2.45, 2.75) is 32.6 Å². The Morgan fingerprint density at radius 3 is 2.60 bits per heavy atom. The fraction of sp³-hybridized carbons (Fsp3) is 0.333. The lowest BCUT2D eigenvalue weighted by Crippen LogP contribution is -2.18. The van der Waals surface area contributed by atoms with Gasteiger partial charge in [-0.05, 0) is 53.4 Å². The highest BCUT2D eigenvalue weighted by atomic mass is 32.1. The van der Waals surface area contributed by atoms with Crippen molar-refractivity contribution in [1.82, 2.24) is 5.32 Å². The third-order valence-electron chi connectivity index (χ3n) is 3.27. The lowest BCUT2D eigenvalue weighted by atomic mass is 10.0. The summed E-state index contributed by atoms with van der Waals surface area (Å²) in [6.07, 6.45) is -4.29. The fourth-order valence-electron chi connectivity index (χ4n) is 1.93. The van der Waals surface area contributed by atoms with E-state index in [2.05, 4.69) is 16.1 Å². The molecule has 1 atom stereocenters. The maximum atomic E-state index is 12.7. The van der Waals surface area contributed by atoms with Crippen molar-refractivity contribution in [2.24, 2.45) is 0 Å². The number of halogens is 3. The molecule has 0 radical (unpaired) electrons. The predicted octanol–water partition coefficient (Wildman–Crippen LogP) is 4.93. The Morgan fingerprint density at radius 1 is 1.25 bits per heavy atom. The highest BCUT2D eigenvalue weighted by molar-refractivity contribution is 7.08. The lowest BCUT2D eigenvalue weighted by Gasteiger charge is -2.16. The van der Waals surface area contributed by atoms with E-state index in [1.807, 2.05) is 13.8 Å². The van der Waals surface area contributed by atoms with Crippen LogP contribution in [-0.4, -0.2) is 0 Å². The van der Waals surface area contributed by atoms with Gasteiger partial charge < -0.3 is 5.32 Å². The van der Waals surface area contributed by atoms with E-state index in [4.69, 9.17) is 0 Å². The molecule has 108 valence electrons. The third-order valence-corrected chi connectivity index (χ3v) is 4.18. The molecule has 1 aromatic heterocycles. The summed E-state index contributed by atoms with van der Waals surface area (Å²) in [5, 5.41) is 7.38. The van der Waals surface area contributed by atoms with E-state index in [0.29, 0.717) is 12.1 Å². The summed E-state index contributed by atoms with van der Waals surface area (Å²) in [6, 6.07) is 5.34. The molecule has 0 amide bonds. The summed E-state index contributed by atoms with van der Waals surface area (Å²) in [5.74, 6) is 0. The first-order valence-electron chi connectivity index (χ1n) is 6.30. The minimum atomic E-state index is -4.29. The average Bonchev–Trinajstić information content (AvgIpc) is 2.81. The van der Waals surface area contributed by atoms with Gasteiger partial charge in [0.15, 0.2) is 0 Å². The van der Waals surface area contributed by atoms with Gasteiger partial charge in [-0.15, -0.1) is 0 Å². The van der Waals surface area contributed by atoms with Gasteiger partial charge in [-0.25, -0.2) is 0 Å². The number of hydrogen-bond donors (Lipinski definition) is 1. The quantitative estimate of drug-likeness (QED) is 0.844. The first kappa shape index (κ1) is 15.1. The van der Waals surface area contributed by atoms with Crippen LogP contribution in [0, 0.1) is 6.92 Å². The minimum Gasteiger partial charge on any atom is -0.306 e. The molecule has 1 aromatic carbocycles. The van der Waals surface area contributed by atoms with Crippen LogP contribution in [0.3, 0.4) is 0 Å². The van der Waals surface area contributed by atoms with E-state index >= 15 is 0 Å². The van der Waals surface area contributed by atoms with Crippen molar-refractivity contribution in [2.75, 3.05) is 0 Å². The standard InChI is InChI=1S/C15H16F3NS/c1-10-8-20-9-13(10)7-19-11(2)12-4-3-5-14(6-12)15(16,17)18/h3-6,8-9,11,19H,7H2,1-2H3. The number of hydrogen-bond acceptors (Lipinski definition) is 2. The molecule has 0 saturated heterocycles. The van der Waals surface area contributed by atoms with E-state index in [1.165, 1.54) is 23.3 Å². The summed E-state index contributed by atoms with van der Waals surface area (Å²) < 4.78 is 38.0. The fourth-order valence-corrected chi connectivity index (χ4v) is 2.79. The zero-order chi connectivity index (χ0) is 14.8. The molecule has 1 unspecified atom stereocenters. The molecule has 0 saturated carbocycles. The summed E-state index contributed by atoms with van der Waals surface area (Å²) in [6.45, 7) is 4.56. The zero-order valence-corrected chi connectivity index (χ0v) is 12.1. The largest absolute Gasteiger partial charge is 0.416 e. The number of nitrogens with one attached hydrogen (secondary N) is 1. The van der Waals surface area contributed by atoms with Crippen LogP contribution in [0.2, 0.25) is 0 Å². The van der Waals surface area contributed by atoms with Crippen LogP contribution in [0.15, 0.2) is 35.0 Å². The lowest BCUT2D eigenvalue weighted by molar-refractivity contribution is -0.137. The van der Waals surface area contributed by atoms with Crippen molar-refractivity contribution < 1.29 is 13.2 Å². The Bertz CT molecular complexity index is 574. The molecule has 0 aliphatic heterocycles. The van der Waals surface area contributed by atoms with Crippen molar-refractivity contribution in [3.05, 3.63) is 57.3 Å². The summed E-state index contributed by atoms with van der Waals surface area (Å²) >= 11 is 1.63. The van der Waals surface area contributed by atoms with Crippen molar-refractivity contribution in [3.63, 3.8) is 0 Å². The first-order valence-corrected chi connectivity index (χ1v) is 7.24. The monoisotopic (exact) mass is 299 g/mol. The van der Waals surface area contributed by atoms with Crippen molar-refractivity contribution in [1.29, 1.82) is 0 Å². The molecule has 0 aliphatic carbocycles. The smallest absolute Gasteiger partial charge is 0.306 e. The van der Waals surface area contributed by atoms with Crippen LogP contribution in [0.5, 0.6) is 0 Å². The molecule has 5 heteroatoms. The Labute approximate surface area is 120 Å². The topological polar surface area (TPSA) is 12.0 Å². The second-order valence-electron chi connectivity index (χ2n) is 4.81. The van der Waals surface area contributed by atoms with E-state index in [-0.39, 0.29) is 6.04 Å². The van der Waals surface area contributed by atoms with Crippen LogP contribution in [0.25, 0.3) is 0 Å². The summed E-state index contributed by atoms with van der Waals surface area (Å²) in [4.78, 5) is 0. The molecule has 2 rings (SSSR count). The van der Waals surface area contributed by atoms with Gasteiger partial charge in [0.1, 0.15) is 0 Å². The molecular weight excluding hydrogens is 283 g/mol. The number of thiophene rings is 1. The highest BCUT2D eigenvalue weighted by Crippen LogP contribution is 2.30. The Hall–Kier alpha value is -1.33. The predicted molar refractivity (Wildman–Crippen MR) is 75.8 cm³/mol. The van der Waals surface area contributed by atoms with Gasteiger partial charge in [0.25, 0.3) is 0 Å². The van der Waals surface area contributed by atoms with E-state index in [0.717, 1.165) is 6.07 Å². The van der Waals surface area contributed by atoms with Crippen LogP contribution >= 0.6 is 11.3 Å². The number of rotatable bonds is 4. The van der Waals surface area contributed by atoms with Crippen LogP contribution in [-0.2, 0) is 12.7 Å². The number of aryl methyl sites for hydroxylation is 1. The van der Waals surface area contributed by atoms with E-state index < -0.39 is 11.7 Å². The molecule has 0 fully saturated rings. The maximum absolute atomic E-state index is 12.7. The Morgan fingerprint density at radius 2 is 2.00 bits per heavy atom. The third kappa shape index (κ3) is 3.61. The van der Waals surface area contributed by atoms with Crippen molar-refractivity contribution in [3.8, 4) is 0 Å². The summed E-state index contributed by atoms with van der Waals surface area (Å²) in [5.41, 5.74) is 2.44. The average molecular weight is 299 g/mol. The number of benzene rings is 1. The Kier molecular flexibility index (Phi) is 4.50. The van der Waals surface area contributed by atoms with Gasteiger partial charge in [-0.2, -0.15) is 24.5 Å². The zero-order valence-electron chi connectivity index (χ0n) is 11.3. The van der Waals surface area contributed by atoms with Gasteiger partial charge in [0.05, 0.1) is 5.56 Å². The molecular formula is C15H16F3NS. The minimum absolute atomic E-state index is 0.128. The molecule has 0 aliphatic rings. The van der Waals surface area contributed by atoms with Crippen molar-refractivity contribution >= 4 is 11.3 Å². The SMILES string of the molecule is Cc1cscc1CNC(C)c1cccc(C(F)(F)F)c1. The molecule has 2 aromatic rings. The number of alkyl halides is 3. The van der Waals surface area contributed by atoms with E-state index in [9.17, 15) is 13.2 Å². The van der Waals surface area contributed by atoms with Crippen LogP contribution in [0.1, 0.15) is 35.2 Å². The molecule has 1 N–H and O–H groups in total. The second-order valence-corrected chi connectivity index (χ2v) is 5.55. The highest BCUT2D eigenvalue weighted by Gasteiger charge is 2.30. The van der Waals surface area contributed by atoms with Gasteiger partial charge >= 0.3 is 6.18 Å². The maximum Gasteiger partial charge on any atom is 0.416 e. The van der Waals surface area contributed by atoms with E-state index in [1.54, 1.807) is 17.4 Å². The summed E-state index contributed by atoms with van der Waals surface area (Å²) in [7, 11) is 0. The van der Waals surface area contributed by atoms with Crippen LogP contribution in [0.4, 0.5) is 13.2 Å². The normalized spacial score (nSPS) is 13.4.